The molecular weight excluding hydrogens is 356 g/mol. The number of hydrogen-bond acceptors (Lipinski definition) is 3. The maximum Gasteiger partial charge on any atom is 0.255 e. The molecular formula is C18H19BrN2O2. The van der Waals surface area contributed by atoms with Crippen LogP contribution in [-0.2, 0) is 4.74 Å². The number of ether oxygens (including phenoxy) is 1. The molecule has 1 aliphatic rings. The number of aryl methyl sites for hydroxylation is 1. The summed E-state index contributed by atoms with van der Waals surface area (Å²) in [6.45, 7) is 5.24. The van der Waals surface area contributed by atoms with Gasteiger partial charge in [0, 0.05) is 34.5 Å². The molecule has 2 aromatic rings. The first-order chi connectivity index (χ1) is 11.1. The van der Waals surface area contributed by atoms with Crippen molar-refractivity contribution in [1.82, 2.24) is 0 Å². The summed E-state index contributed by atoms with van der Waals surface area (Å²) in [5.74, 6) is -0.103. The first kappa shape index (κ1) is 16.0. The van der Waals surface area contributed by atoms with Crippen molar-refractivity contribution in [3.05, 3.63) is 58.1 Å². The largest absolute Gasteiger partial charge is 0.378 e. The average molecular weight is 375 g/mol. The number of halogens is 1. The Hall–Kier alpha value is -1.85. The molecule has 4 nitrogen and oxygen atoms in total. The Bertz CT molecular complexity index is 712. The minimum atomic E-state index is -0.103. The molecule has 1 fully saturated rings. The lowest BCUT2D eigenvalue weighted by Gasteiger charge is -2.29. The van der Waals surface area contributed by atoms with Gasteiger partial charge < -0.3 is 15.0 Å². The zero-order chi connectivity index (χ0) is 16.2. The van der Waals surface area contributed by atoms with E-state index in [1.165, 1.54) is 0 Å². The lowest BCUT2D eigenvalue weighted by Crippen LogP contribution is -2.36. The number of benzene rings is 2. The minimum Gasteiger partial charge on any atom is -0.378 e. The highest BCUT2D eigenvalue weighted by Gasteiger charge is 2.14. The molecule has 0 aliphatic carbocycles. The van der Waals surface area contributed by atoms with E-state index in [1.807, 2.05) is 37.3 Å². The molecule has 1 N–H and O–H groups in total. The van der Waals surface area contributed by atoms with Crippen LogP contribution in [0.25, 0.3) is 0 Å². The van der Waals surface area contributed by atoms with E-state index < -0.39 is 0 Å². The van der Waals surface area contributed by atoms with Crippen LogP contribution in [0.15, 0.2) is 46.9 Å². The van der Waals surface area contributed by atoms with Gasteiger partial charge in [-0.1, -0.05) is 28.1 Å². The Morgan fingerprint density at radius 3 is 2.70 bits per heavy atom. The number of hydrogen-bond donors (Lipinski definition) is 1. The predicted octanol–water partition coefficient (Wildman–Crippen LogP) is 3.85. The Morgan fingerprint density at radius 1 is 1.17 bits per heavy atom. The zero-order valence-electron chi connectivity index (χ0n) is 13.0. The molecule has 23 heavy (non-hydrogen) atoms. The van der Waals surface area contributed by atoms with Crippen molar-refractivity contribution in [2.45, 2.75) is 6.92 Å². The van der Waals surface area contributed by atoms with Crippen LogP contribution in [0.1, 0.15) is 15.9 Å². The van der Waals surface area contributed by atoms with Crippen LogP contribution in [0.3, 0.4) is 0 Å². The number of carbonyl (C=O) groups excluding carboxylic acids is 1. The molecule has 0 radical (unpaired) electrons. The topological polar surface area (TPSA) is 41.6 Å². The number of rotatable bonds is 3. The van der Waals surface area contributed by atoms with Crippen LogP contribution in [0.5, 0.6) is 0 Å². The summed E-state index contributed by atoms with van der Waals surface area (Å²) < 4.78 is 6.29. The summed E-state index contributed by atoms with van der Waals surface area (Å²) in [6, 6.07) is 13.6. The smallest absolute Gasteiger partial charge is 0.255 e. The van der Waals surface area contributed by atoms with Gasteiger partial charge in [0.15, 0.2) is 0 Å². The fraction of sp³-hybridized carbons (Fsp3) is 0.278. The van der Waals surface area contributed by atoms with Crippen molar-refractivity contribution in [2.24, 2.45) is 0 Å². The SMILES string of the molecule is Cc1ccc(N2CCOCC2)cc1NC(=O)c1cccc(Br)c1. The highest BCUT2D eigenvalue weighted by molar-refractivity contribution is 9.10. The van der Waals surface area contributed by atoms with Gasteiger partial charge in [0.25, 0.3) is 5.91 Å². The molecule has 5 heteroatoms. The third kappa shape index (κ3) is 3.92. The van der Waals surface area contributed by atoms with Crippen molar-refractivity contribution < 1.29 is 9.53 Å². The number of amides is 1. The molecule has 120 valence electrons. The second-order valence-electron chi connectivity index (χ2n) is 5.56. The Kier molecular flexibility index (Phi) is 4.98. The summed E-state index contributed by atoms with van der Waals surface area (Å²) in [5.41, 5.74) is 3.64. The zero-order valence-corrected chi connectivity index (χ0v) is 14.6. The second-order valence-corrected chi connectivity index (χ2v) is 6.48. The monoisotopic (exact) mass is 374 g/mol. The average Bonchev–Trinajstić information content (AvgIpc) is 2.57. The van der Waals surface area contributed by atoms with Gasteiger partial charge in [-0.15, -0.1) is 0 Å². The number of nitrogens with one attached hydrogen (secondary N) is 1. The van der Waals surface area contributed by atoms with E-state index in [1.54, 1.807) is 6.07 Å². The van der Waals surface area contributed by atoms with Gasteiger partial charge in [-0.2, -0.15) is 0 Å². The van der Waals surface area contributed by atoms with E-state index in [0.717, 1.165) is 47.7 Å². The molecule has 0 atom stereocenters. The van der Waals surface area contributed by atoms with Crippen LogP contribution < -0.4 is 10.2 Å². The van der Waals surface area contributed by atoms with Gasteiger partial charge in [-0.25, -0.2) is 0 Å². The molecule has 1 aliphatic heterocycles. The first-order valence-electron chi connectivity index (χ1n) is 7.64. The predicted molar refractivity (Wildman–Crippen MR) is 96.3 cm³/mol. The Labute approximate surface area is 144 Å². The van der Waals surface area contributed by atoms with Crippen molar-refractivity contribution in [2.75, 3.05) is 36.5 Å². The van der Waals surface area contributed by atoms with Crippen molar-refractivity contribution in [3.63, 3.8) is 0 Å². The second kappa shape index (κ2) is 7.15. The number of morpholine rings is 1. The molecule has 1 amide bonds. The van der Waals surface area contributed by atoms with Gasteiger partial charge in [-0.05, 0) is 42.8 Å². The lowest BCUT2D eigenvalue weighted by atomic mass is 10.1. The quantitative estimate of drug-likeness (QED) is 0.886. The molecule has 0 spiro atoms. The fourth-order valence-corrected chi connectivity index (χ4v) is 2.99. The number of nitrogens with zero attached hydrogens (tertiary/aromatic N) is 1. The molecule has 0 saturated carbocycles. The first-order valence-corrected chi connectivity index (χ1v) is 8.43. The van der Waals surface area contributed by atoms with E-state index in [4.69, 9.17) is 4.74 Å². The lowest BCUT2D eigenvalue weighted by molar-refractivity contribution is 0.102. The van der Waals surface area contributed by atoms with E-state index >= 15 is 0 Å². The van der Waals surface area contributed by atoms with Crippen LogP contribution in [0, 0.1) is 6.92 Å². The molecule has 2 aromatic carbocycles. The van der Waals surface area contributed by atoms with Gasteiger partial charge in [-0.3, -0.25) is 4.79 Å². The molecule has 0 unspecified atom stereocenters. The summed E-state index contributed by atoms with van der Waals surface area (Å²) in [6.07, 6.45) is 0. The third-order valence-electron chi connectivity index (χ3n) is 3.93. The van der Waals surface area contributed by atoms with Crippen LogP contribution >= 0.6 is 15.9 Å². The summed E-state index contributed by atoms with van der Waals surface area (Å²) in [5, 5.41) is 3.02. The van der Waals surface area contributed by atoms with Crippen molar-refractivity contribution in [3.8, 4) is 0 Å². The maximum absolute atomic E-state index is 12.4. The highest BCUT2D eigenvalue weighted by Crippen LogP contribution is 2.25. The number of carbonyl (C=O) groups is 1. The van der Waals surface area contributed by atoms with Crippen molar-refractivity contribution in [1.29, 1.82) is 0 Å². The van der Waals surface area contributed by atoms with Crippen LogP contribution in [0.4, 0.5) is 11.4 Å². The van der Waals surface area contributed by atoms with E-state index in [0.29, 0.717) is 5.56 Å². The Balaban J connectivity index is 1.80. The van der Waals surface area contributed by atoms with E-state index in [9.17, 15) is 4.79 Å². The maximum atomic E-state index is 12.4. The summed E-state index contributed by atoms with van der Waals surface area (Å²) in [4.78, 5) is 14.7. The minimum absolute atomic E-state index is 0.103. The molecule has 1 saturated heterocycles. The molecule has 1 heterocycles. The standard InChI is InChI=1S/C18H19BrN2O2/c1-13-5-6-16(21-7-9-23-10-8-21)12-17(13)20-18(22)14-3-2-4-15(19)11-14/h2-6,11-12H,7-10H2,1H3,(H,20,22). The Morgan fingerprint density at radius 2 is 1.96 bits per heavy atom. The van der Waals surface area contributed by atoms with Gasteiger partial charge in [0.1, 0.15) is 0 Å². The van der Waals surface area contributed by atoms with Gasteiger partial charge in [0.2, 0.25) is 0 Å². The molecule has 0 aromatic heterocycles. The normalized spacial score (nSPS) is 14.6. The van der Waals surface area contributed by atoms with E-state index in [2.05, 4.69) is 32.2 Å². The van der Waals surface area contributed by atoms with Crippen LogP contribution in [-0.4, -0.2) is 32.2 Å². The van der Waals surface area contributed by atoms with Crippen molar-refractivity contribution >= 4 is 33.2 Å². The summed E-state index contributed by atoms with van der Waals surface area (Å²) >= 11 is 3.40. The van der Waals surface area contributed by atoms with E-state index in [-0.39, 0.29) is 5.91 Å². The van der Waals surface area contributed by atoms with Gasteiger partial charge in [0.05, 0.1) is 13.2 Å². The third-order valence-corrected chi connectivity index (χ3v) is 4.43. The number of anilines is 2. The highest BCUT2D eigenvalue weighted by atomic mass is 79.9. The molecule has 0 bridgehead atoms. The summed E-state index contributed by atoms with van der Waals surface area (Å²) in [7, 11) is 0. The molecule has 3 rings (SSSR count). The van der Waals surface area contributed by atoms with Crippen LogP contribution in [0.2, 0.25) is 0 Å². The fourth-order valence-electron chi connectivity index (χ4n) is 2.59. The van der Waals surface area contributed by atoms with Gasteiger partial charge >= 0.3 is 0 Å².